The molecule has 5 nitrogen and oxygen atoms in total. The van der Waals surface area contributed by atoms with Gasteiger partial charge in [0.1, 0.15) is 0 Å². The lowest BCUT2D eigenvalue weighted by Crippen LogP contribution is -2.14. The fraction of sp³-hybridized carbons (Fsp3) is 0.344. The number of rotatable bonds is 3. The lowest BCUT2D eigenvalue weighted by atomic mass is 9.98. The Bertz CT molecular complexity index is 1520. The van der Waals surface area contributed by atoms with Gasteiger partial charge in [0.05, 0.1) is 22.7 Å². The molecule has 0 spiro atoms. The summed E-state index contributed by atoms with van der Waals surface area (Å²) in [6, 6.07) is 22.9. The summed E-state index contributed by atoms with van der Waals surface area (Å²) >= 11 is 0. The average molecular weight is 530 g/mol. The molecule has 0 saturated heterocycles. The zero-order chi connectivity index (χ0) is 26.5. The van der Waals surface area contributed by atoms with Gasteiger partial charge in [0.2, 0.25) is 0 Å². The first-order valence-corrected chi connectivity index (χ1v) is 15.1. The molecule has 0 unspecified atom stereocenters. The summed E-state index contributed by atoms with van der Waals surface area (Å²) in [4.78, 5) is 12.4. The second kappa shape index (κ2) is 11.6. The number of fused-ring (bicyclic) bond motifs is 1. The van der Waals surface area contributed by atoms with E-state index >= 15 is 0 Å². The monoisotopic (exact) mass is 529 g/mol. The summed E-state index contributed by atoms with van der Waals surface area (Å²) in [5.41, 5.74) is 5.42. The van der Waals surface area contributed by atoms with E-state index in [1.54, 1.807) is 16.1 Å². The first kappa shape index (κ1) is 26.2. The highest BCUT2D eigenvalue weighted by atomic mass is 32.2. The summed E-state index contributed by atoms with van der Waals surface area (Å²) < 4.78 is 35.5. The summed E-state index contributed by atoms with van der Waals surface area (Å²) in [6.07, 6.45) is 8.00. The van der Waals surface area contributed by atoms with Gasteiger partial charge in [-0.05, 0) is 67.1 Å². The molecule has 0 fully saturated rings. The van der Waals surface area contributed by atoms with E-state index < -0.39 is 10.0 Å². The van der Waals surface area contributed by atoms with Gasteiger partial charge in [-0.25, -0.2) is 12.4 Å². The van der Waals surface area contributed by atoms with Crippen molar-refractivity contribution in [3.05, 3.63) is 89.5 Å². The number of hydrogen-bond donors (Lipinski definition) is 0. The number of ether oxygens (including phenoxy) is 1. The van der Waals surface area contributed by atoms with Gasteiger partial charge in [-0.3, -0.25) is 4.79 Å². The van der Waals surface area contributed by atoms with Crippen LogP contribution in [0.4, 0.5) is 0 Å². The quantitative estimate of drug-likeness (QED) is 0.263. The third-order valence-electron chi connectivity index (χ3n) is 7.41. The van der Waals surface area contributed by atoms with Crippen LogP contribution >= 0.6 is 0 Å². The molecule has 38 heavy (non-hydrogen) atoms. The normalized spacial score (nSPS) is 16.0. The fourth-order valence-corrected chi connectivity index (χ4v) is 6.93. The van der Waals surface area contributed by atoms with Gasteiger partial charge in [-0.2, -0.15) is 0 Å². The molecular formula is C32H35NO4S. The Hall–Kier alpha value is -3.38. The molecule has 0 amide bonds. The third-order valence-corrected chi connectivity index (χ3v) is 9.14. The topological polar surface area (TPSA) is 65.4 Å². The molecular weight excluding hydrogens is 494 g/mol. The minimum absolute atomic E-state index is 0.138. The van der Waals surface area contributed by atoms with E-state index in [4.69, 9.17) is 4.74 Å². The van der Waals surface area contributed by atoms with Crippen molar-refractivity contribution in [3.8, 4) is 11.3 Å². The number of cyclic esters (lactones) is 1. The number of aryl methyl sites for hydroxylation is 2. The van der Waals surface area contributed by atoms with Gasteiger partial charge in [0, 0.05) is 18.2 Å². The standard InChI is InChI=1S/C32H35NO4S/c1-24-15-18-27(19-16-24)38(35,36)33-30-20-17-25-21-22-37-31(34)14-10-5-3-2-4-9-13-28(29(30)23-25)32(33)26-11-7-6-8-12-26/h6-8,11-12,15-20,23H,2-5,9-10,13-14,21-22H2,1H3. The number of nitrogens with zero attached hydrogens (tertiary/aromatic N) is 1. The SMILES string of the molecule is Cc1ccc(S(=O)(=O)n2c(-c3ccccc3)c3c4cc(ccc42)CCOC(=O)CCCCCCCC3)cc1. The molecule has 1 aromatic heterocycles. The Morgan fingerprint density at radius 2 is 1.45 bits per heavy atom. The molecule has 0 aliphatic carbocycles. The molecule has 0 saturated carbocycles. The molecule has 2 bridgehead atoms. The number of aromatic nitrogens is 1. The summed E-state index contributed by atoms with van der Waals surface area (Å²) in [6.45, 7) is 2.28. The Morgan fingerprint density at radius 1 is 0.763 bits per heavy atom. The zero-order valence-corrected chi connectivity index (χ0v) is 22.8. The van der Waals surface area contributed by atoms with Gasteiger partial charge in [0.25, 0.3) is 10.0 Å². The number of carbonyl (C=O) groups is 1. The van der Waals surface area contributed by atoms with Crippen LogP contribution in [0, 0.1) is 6.92 Å². The maximum absolute atomic E-state index is 14.2. The van der Waals surface area contributed by atoms with E-state index in [-0.39, 0.29) is 10.9 Å². The first-order valence-electron chi connectivity index (χ1n) is 13.6. The van der Waals surface area contributed by atoms with E-state index in [1.807, 2.05) is 61.5 Å². The van der Waals surface area contributed by atoms with Crippen molar-refractivity contribution in [3.63, 3.8) is 0 Å². The van der Waals surface area contributed by atoms with Crippen molar-refractivity contribution in [2.45, 2.75) is 69.6 Å². The summed E-state index contributed by atoms with van der Waals surface area (Å²) in [7, 11) is -3.86. The fourth-order valence-electron chi connectivity index (χ4n) is 5.37. The van der Waals surface area contributed by atoms with Gasteiger partial charge < -0.3 is 4.74 Å². The average Bonchev–Trinajstić information content (AvgIpc) is 3.24. The van der Waals surface area contributed by atoms with E-state index in [9.17, 15) is 13.2 Å². The highest BCUT2D eigenvalue weighted by Crippen LogP contribution is 2.38. The lowest BCUT2D eigenvalue weighted by molar-refractivity contribution is -0.143. The zero-order valence-electron chi connectivity index (χ0n) is 22.0. The third kappa shape index (κ3) is 5.56. The van der Waals surface area contributed by atoms with Crippen molar-refractivity contribution in [2.75, 3.05) is 6.61 Å². The van der Waals surface area contributed by atoms with Gasteiger partial charge in [-0.15, -0.1) is 0 Å². The molecule has 4 aromatic rings. The van der Waals surface area contributed by atoms with Crippen LogP contribution in [0.25, 0.3) is 22.2 Å². The number of carbonyl (C=O) groups excluding carboxylic acids is 1. The van der Waals surface area contributed by atoms with Crippen molar-refractivity contribution < 1.29 is 17.9 Å². The summed E-state index contributed by atoms with van der Waals surface area (Å²) in [5.74, 6) is -0.138. The maximum atomic E-state index is 14.2. The molecule has 0 radical (unpaired) electrons. The van der Waals surface area contributed by atoms with Gasteiger partial charge in [-0.1, -0.05) is 79.8 Å². The molecule has 2 heterocycles. The van der Waals surface area contributed by atoms with Crippen LogP contribution in [0.15, 0.2) is 77.7 Å². The van der Waals surface area contributed by atoms with Crippen molar-refractivity contribution >= 4 is 26.9 Å². The molecule has 6 heteroatoms. The molecule has 3 aromatic carbocycles. The predicted molar refractivity (Wildman–Crippen MR) is 152 cm³/mol. The predicted octanol–water partition coefficient (Wildman–Crippen LogP) is 7.23. The second-order valence-electron chi connectivity index (χ2n) is 10.2. The summed E-state index contributed by atoms with van der Waals surface area (Å²) in [5, 5.41) is 0.954. The first-order chi connectivity index (χ1) is 18.4. The Labute approximate surface area is 225 Å². The molecule has 0 atom stereocenters. The Morgan fingerprint density at radius 3 is 2.18 bits per heavy atom. The van der Waals surface area contributed by atoms with E-state index in [0.717, 1.165) is 78.3 Å². The number of esters is 1. The van der Waals surface area contributed by atoms with Crippen molar-refractivity contribution in [1.82, 2.24) is 3.97 Å². The minimum atomic E-state index is -3.86. The van der Waals surface area contributed by atoms with Crippen LogP contribution in [0.3, 0.4) is 0 Å². The van der Waals surface area contributed by atoms with E-state index in [2.05, 4.69) is 6.07 Å². The highest BCUT2D eigenvalue weighted by Gasteiger charge is 2.28. The van der Waals surface area contributed by atoms with Crippen LogP contribution in [0.1, 0.15) is 61.6 Å². The van der Waals surface area contributed by atoms with Crippen molar-refractivity contribution in [1.29, 1.82) is 0 Å². The molecule has 0 N–H and O–H groups in total. The van der Waals surface area contributed by atoms with E-state index in [0.29, 0.717) is 25.0 Å². The number of hydrogen-bond acceptors (Lipinski definition) is 4. The minimum Gasteiger partial charge on any atom is -0.465 e. The van der Waals surface area contributed by atoms with Crippen LogP contribution in [-0.2, 0) is 32.4 Å². The van der Waals surface area contributed by atoms with E-state index in [1.165, 1.54) is 0 Å². The molecule has 1 aliphatic rings. The molecule has 198 valence electrons. The number of benzene rings is 3. The van der Waals surface area contributed by atoms with Crippen molar-refractivity contribution in [2.24, 2.45) is 0 Å². The molecule has 1 aliphatic heterocycles. The largest absolute Gasteiger partial charge is 0.465 e. The van der Waals surface area contributed by atoms with Crippen LogP contribution in [0.2, 0.25) is 0 Å². The van der Waals surface area contributed by atoms with Crippen LogP contribution < -0.4 is 0 Å². The van der Waals surface area contributed by atoms with Gasteiger partial charge >= 0.3 is 5.97 Å². The van der Waals surface area contributed by atoms with Gasteiger partial charge in [0.15, 0.2) is 0 Å². The smallest absolute Gasteiger partial charge is 0.305 e. The second-order valence-corrected chi connectivity index (χ2v) is 12.0. The Balaban J connectivity index is 1.70. The lowest BCUT2D eigenvalue weighted by Gasteiger charge is -2.14. The molecule has 5 rings (SSSR count). The van der Waals surface area contributed by atoms with Crippen LogP contribution in [0.5, 0.6) is 0 Å². The maximum Gasteiger partial charge on any atom is 0.305 e. The Kier molecular flexibility index (Phi) is 7.98. The van der Waals surface area contributed by atoms with Crippen LogP contribution in [-0.4, -0.2) is 25.0 Å². The highest BCUT2D eigenvalue weighted by molar-refractivity contribution is 7.90.